The van der Waals surface area contributed by atoms with Gasteiger partial charge in [-0.05, 0) is 0 Å². The number of aliphatic hydroxyl groups is 3. The predicted molar refractivity (Wildman–Crippen MR) is 57.4 cm³/mol. The lowest BCUT2D eigenvalue weighted by Gasteiger charge is -2.40. The molecule has 5 atom stereocenters. The zero-order valence-corrected chi connectivity index (χ0v) is 7.75. The zero-order valence-electron chi connectivity index (χ0n) is 7.75. The van der Waals surface area contributed by atoms with E-state index < -0.39 is 24.6 Å². The molecule has 0 aromatic carbocycles. The van der Waals surface area contributed by atoms with Crippen molar-refractivity contribution in [2.75, 3.05) is 13.7 Å². The van der Waals surface area contributed by atoms with Gasteiger partial charge in [-0.15, -0.1) is 0 Å². The van der Waals surface area contributed by atoms with Gasteiger partial charge in [0.15, 0.2) is 6.29 Å². The van der Waals surface area contributed by atoms with Gasteiger partial charge in [-0.25, -0.2) is 0 Å². The summed E-state index contributed by atoms with van der Waals surface area (Å²) in [5.41, 5.74) is 0. The van der Waals surface area contributed by atoms with E-state index in [9.17, 15) is 10.2 Å². The van der Waals surface area contributed by atoms with Gasteiger partial charge in [0, 0.05) is 13.0 Å². The molecule has 0 aliphatic carbocycles. The molecule has 1 aliphatic rings. The number of hydrogen-bond donors (Lipinski definition) is 3. The zero-order chi connectivity index (χ0) is 10.0. The molecule has 5 nitrogen and oxygen atoms in total. The van der Waals surface area contributed by atoms with Crippen molar-refractivity contribution in [3.63, 3.8) is 0 Å². The highest BCUT2D eigenvalue weighted by Gasteiger charge is 2.41. The number of aliphatic hydroxyl groups excluding tert-OH is 3. The summed E-state index contributed by atoms with van der Waals surface area (Å²) in [5, 5.41) is 27.9. The third kappa shape index (κ3) is 3.39. The van der Waals surface area contributed by atoms with Crippen LogP contribution in [0.2, 0.25) is 0 Å². The summed E-state index contributed by atoms with van der Waals surface area (Å²) in [7, 11) is 1.38. The molecule has 1 saturated heterocycles. The minimum atomic E-state index is -1.05. The second-order valence-corrected chi connectivity index (χ2v) is 3.30. The third-order valence-electron chi connectivity index (χ3n) is 2.48. The van der Waals surface area contributed by atoms with E-state index >= 15 is 0 Å². The number of rotatable bonds is 2. The summed E-state index contributed by atoms with van der Waals surface area (Å²) in [6.07, 6.45) is -3.31. The van der Waals surface area contributed by atoms with Crippen molar-refractivity contribution in [3.05, 3.63) is 0 Å². The second kappa shape index (κ2) is 7.14. The molecule has 0 amide bonds. The molecule has 0 radical (unpaired) electrons. The fraction of sp³-hybridized carbons (Fsp3) is 1.00. The molecule has 0 bridgehead atoms. The average molecular weight is 224 g/mol. The Labute approximate surface area is 91.6 Å². The van der Waals surface area contributed by atoms with Gasteiger partial charge in [-0.1, -0.05) is 21.8 Å². The topological polar surface area (TPSA) is 79.2 Å². The first-order chi connectivity index (χ1) is 6.11. The van der Waals surface area contributed by atoms with Gasteiger partial charge in [-0.3, -0.25) is 0 Å². The molecule has 0 saturated carbocycles. The van der Waals surface area contributed by atoms with Crippen LogP contribution in [0.4, 0.5) is 0 Å². The van der Waals surface area contributed by atoms with Crippen LogP contribution in [0.15, 0.2) is 0 Å². The van der Waals surface area contributed by atoms with E-state index in [0.29, 0.717) is 0 Å². The summed E-state index contributed by atoms with van der Waals surface area (Å²) < 4.78 is 10.0. The normalized spacial score (nSPS) is 40.2. The van der Waals surface area contributed by atoms with Gasteiger partial charge in [0.1, 0.15) is 6.10 Å². The van der Waals surface area contributed by atoms with Crippen LogP contribution in [0.1, 0.15) is 21.8 Å². The van der Waals surface area contributed by atoms with E-state index in [4.69, 9.17) is 14.6 Å². The molecule has 0 aromatic rings. The second-order valence-electron chi connectivity index (χ2n) is 3.30. The Hall–Kier alpha value is -0.200. The lowest BCUT2D eigenvalue weighted by atomic mass is 9.91. The van der Waals surface area contributed by atoms with Crippen LogP contribution in [-0.4, -0.2) is 53.6 Å². The Kier molecular flexibility index (Phi) is 8.18. The van der Waals surface area contributed by atoms with E-state index in [1.54, 1.807) is 6.92 Å². The molecular weight excluding hydrogens is 200 g/mol. The van der Waals surface area contributed by atoms with Crippen molar-refractivity contribution in [1.82, 2.24) is 0 Å². The van der Waals surface area contributed by atoms with E-state index in [1.165, 1.54) is 7.11 Å². The van der Waals surface area contributed by atoms with Crippen LogP contribution in [-0.2, 0) is 9.47 Å². The molecule has 1 heterocycles. The van der Waals surface area contributed by atoms with Crippen molar-refractivity contribution in [3.8, 4) is 0 Å². The van der Waals surface area contributed by atoms with Crippen molar-refractivity contribution in [2.24, 2.45) is 5.92 Å². The summed E-state index contributed by atoms with van der Waals surface area (Å²) in [6.45, 7) is 1.52. The first-order valence-electron chi connectivity index (χ1n) is 4.27. The van der Waals surface area contributed by atoms with Crippen molar-refractivity contribution < 1.29 is 24.8 Å². The van der Waals surface area contributed by atoms with Crippen LogP contribution >= 0.6 is 0 Å². The highest BCUT2D eigenvalue weighted by molar-refractivity contribution is 4.86. The van der Waals surface area contributed by atoms with Crippen LogP contribution in [0.3, 0.4) is 0 Å². The maximum absolute atomic E-state index is 9.53. The van der Waals surface area contributed by atoms with Crippen LogP contribution < -0.4 is 0 Å². The Morgan fingerprint density at radius 1 is 1.20 bits per heavy atom. The van der Waals surface area contributed by atoms with Gasteiger partial charge in [0.05, 0.1) is 18.8 Å². The minimum Gasteiger partial charge on any atom is -0.394 e. The Morgan fingerprint density at radius 3 is 2.13 bits per heavy atom. The Morgan fingerprint density at radius 2 is 1.73 bits per heavy atom. The van der Waals surface area contributed by atoms with Crippen molar-refractivity contribution in [1.29, 1.82) is 0 Å². The summed E-state index contributed by atoms with van der Waals surface area (Å²) in [4.78, 5) is 0. The number of methoxy groups -OCH3 is 1. The number of hydrogen-bond acceptors (Lipinski definition) is 5. The molecule has 0 aromatic heterocycles. The smallest absolute Gasteiger partial charge is 0.186 e. The van der Waals surface area contributed by atoms with E-state index in [0.717, 1.165) is 0 Å². The molecule has 0 spiro atoms. The van der Waals surface area contributed by atoms with E-state index in [-0.39, 0.29) is 27.4 Å². The standard InChI is InChI=1S/C8H16O5.2CH4/c1-4-5(3-9)13-8(12-2)7(11)6(4)10;;/h4-11H,3H2,1-2H3;2*1H4. The lowest BCUT2D eigenvalue weighted by molar-refractivity contribution is -0.280. The van der Waals surface area contributed by atoms with E-state index in [2.05, 4.69) is 0 Å². The number of ether oxygens (including phenoxy) is 2. The fourth-order valence-corrected chi connectivity index (χ4v) is 1.47. The molecular formula is C10H24O5. The third-order valence-corrected chi connectivity index (χ3v) is 2.48. The van der Waals surface area contributed by atoms with Gasteiger partial charge in [0.25, 0.3) is 0 Å². The maximum atomic E-state index is 9.53. The van der Waals surface area contributed by atoms with Crippen LogP contribution in [0.5, 0.6) is 0 Å². The van der Waals surface area contributed by atoms with Crippen LogP contribution in [0.25, 0.3) is 0 Å². The maximum Gasteiger partial charge on any atom is 0.186 e. The molecule has 1 rings (SSSR count). The van der Waals surface area contributed by atoms with E-state index in [1.807, 2.05) is 0 Å². The Balaban J connectivity index is 0. The fourth-order valence-electron chi connectivity index (χ4n) is 1.47. The monoisotopic (exact) mass is 224 g/mol. The molecule has 3 N–H and O–H groups in total. The van der Waals surface area contributed by atoms with Crippen molar-refractivity contribution in [2.45, 2.75) is 46.4 Å². The largest absolute Gasteiger partial charge is 0.394 e. The summed E-state index contributed by atoms with van der Waals surface area (Å²) >= 11 is 0. The summed E-state index contributed by atoms with van der Waals surface area (Å²) in [6, 6.07) is 0. The first-order valence-corrected chi connectivity index (χ1v) is 4.27. The highest BCUT2D eigenvalue weighted by atomic mass is 16.7. The summed E-state index contributed by atoms with van der Waals surface area (Å²) in [5.74, 6) is -0.300. The molecule has 5 heteroatoms. The SMILES string of the molecule is C.C.COC1OC(CO)C(C)C(O)C1O. The minimum absolute atomic E-state index is 0. The lowest BCUT2D eigenvalue weighted by Crippen LogP contribution is -2.55. The van der Waals surface area contributed by atoms with Gasteiger partial charge in [0.2, 0.25) is 0 Å². The average Bonchev–Trinajstić information content (AvgIpc) is 2.15. The first kappa shape index (κ1) is 17.2. The van der Waals surface area contributed by atoms with Gasteiger partial charge in [-0.2, -0.15) is 0 Å². The quantitative estimate of drug-likeness (QED) is 0.614. The molecule has 1 fully saturated rings. The molecule has 15 heavy (non-hydrogen) atoms. The van der Waals surface area contributed by atoms with Crippen LogP contribution in [0, 0.1) is 5.92 Å². The Bertz CT molecular complexity index is 144. The molecule has 5 unspecified atom stereocenters. The molecule has 1 aliphatic heterocycles. The van der Waals surface area contributed by atoms with Gasteiger partial charge < -0.3 is 24.8 Å². The highest BCUT2D eigenvalue weighted by Crippen LogP contribution is 2.25. The van der Waals surface area contributed by atoms with Gasteiger partial charge >= 0.3 is 0 Å². The molecule has 94 valence electrons. The predicted octanol–water partition coefficient (Wildman–Crippen LogP) is -0.0199. The van der Waals surface area contributed by atoms with Crippen molar-refractivity contribution >= 4 is 0 Å².